The number of H-pyrrole nitrogens is 1. The van der Waals surface area contributed by atoms with Crippen molar-refractivity contribution in [3.05, 3.63) is 69.5 Å². The first-order valence-electron chi connectivity index (χ1n) is 15.0. The minimum Gasteiger partial charge on any atom is -0.464 e. The third-order valence-corrected chi connectivity index (χ3v) is 6.38. The molecule has 5 aromatic rings. The Morgan fingerprint density at radius 3 is 2.02 bits per heavy atom. The van der Waals surface area contributed by atoms with Crippen LogP contribution in [0.3, 0.4) is 0 Å². The number of nitrogens with one attached hydrogen (secondary N) is 3. The van der Waals surface area contributed by atoms with Gasteiger partial charge < -0.3 is 38.1 Å². The molecule has 12 N–H and O–H groups in total. The molecular weight excluding hydrogens is 771 g/mol. The number of aliphatic hydroxyl groups is 1. The van der Waals surface area contributed by atoms with Crippen LogP contribution >= 0.6 is 43.8 Å². The zero-order valence-corrected chi connectivity index (χ0v) is 32.6. The van der Waals surface area contributed by atoms with Gasteiger partial charge in [-0.25, -0.2) is 24.7 Å². The first-order chi connectivity index (χ1) is 24.6. The number of pyridine rings is 3. The van der Waals surface area contributed by atoms with E-state index in [2.05, 4.69) is 69.2 Å². The van der Waals surface area contributed by atoms with Gasteiger partial charge in [0.05, 0.1) is 36.5 Å². The highest BCUT2D eigenvalue weighted by molar-refractivity contribution is 7.70. The number of hydrogen-bond donors (Lipinski definition) is 8. The number of aromatic nitrogens is 7. The number of esters is 1. The van der Waals surface area contributed by atoms with Gasteiger partial charge >= 0.3 is 12.4 Å². The lowest BCUT2D eigenvalue weighted by Crippen LogP contribution is -2.24. The van der Waals surface area contributed by atoms with E-state index in [1.165, 1.54) is 7.11 Å². The third kappa shape index (κ3) is 17.4. The van der Waals surface area contributed by atoms with Crippen LogP contribution in [0.25, 0.3) is 22.1 Å². The van der Waals surface area contributed by atoms with Crippen molar-refractivity contribution in [3.8, 4) is 0 Å². The van der Waals surface area contributed by atoms with Gasteiger partial charge in [-0.05, 0) is 73.7 Å². The summed E-state index contributed by atoms with van der Waals surface area (Å²) in [5, 5.41) is 18.2. The Balaban J connectivity index is 0.000000704. The summed E-state index contributed by atoms with van der Waals surface area (Å²) in [5.74, 6) is 0.392. The molecule has 0 saturated heterocycles. The van der Waals surface area contributed by atoms with Crippen LogP contribution in [0.15, 0.2) is 41.6 Å². The number of nitrogen functional groups attached to an aromatic ring is 3. The number of carbonyl (C=O) groups is 1. The molecule has 0 aliphatic carbocycles. The van der Waals surface area contributed by atoms with Crippen LogP contribution in [0, 0.1) is 26.2 Å². The molecule has 0 aliphatic heterocycles. The molecule has 0 amide bonds. The molecule has 5 heterocycles. The second-order valence-corrected chi connectivity index (χ2v) is 11.8. The number of ether oxygens (including phenoxy) is 1. The Bertz CT molecular complexity index is 2000. The van der Waals surface area contributed by atoms with Crippen molar-refractivity contribution in [2.75, 3.05) is 36.2 Å². The van der Waals surface area contributed by atoms with Crippen LogP contribution in [0.2, 0.25) is 0 Å². The Kier molecular flexibility index (Phi) is 22.8. The van der Waals surface area contributed by atoms with Gasteiger partial charge in [0.1, 0.15) is 13.9 Å². The van der Waals surface area contributed by atoms with Gasteiger partial charge in [-0.3, -0.25) is 24.7 Å². The summed E-state index contributed by atoms with van der Waals surface area (Å²) in [7, 11) is 1.18. The lowest BCUT2D eigenvalue weighted by atomic mass is 10.2. The fourth-order valence-corrected chi connectivity index (χ4v) is 4.00. The fraction of sp³-hybridized carbons (Fsp3) is 0.300. The van der Waals surface area contributed by atoms with Crippen molar-refractivity contribution >= 4 is 107 Å². The van der Waals surface area contributed by atoms with Gasteiger partial charge in [-0.1, -0.05) is 13.3 Å². The number of methoxy groups -OCH3 is 1. The molecule has 0 aliphatic rings. The Morgan fingerprint density at radius 2 is 1.53 bits per heavy atom. The molecule has 0 unspecified atom stereocenters. The van der Waals surface area contributed by atoms with E-state index in [0.717, 1.165) is 35.9 Å². The summed E-state index contributed by atoms with van der Waals surface area (Å²) in [5.41, 5.74) is 26.4. The number of nitrogens with two attached hydrogens (primary N) is 4. The highest BCUT2D eigenvalue weighted by Crippen LogP contribution is 2.21. The minimum atomic E-state index is -0.507. The standard InChI is InChI=1S/C13H19N5O.C8H8N4O.C8H10N2O2.CH3ClN2.BClOP.ClH/c1-3-4-9(7-19)16-12-11-10(17-13(14)18-12)5-8(2)6-15-11;1-4-2-5-6(10-3-4)7(13)12-8(9)11-5;1-5-3-6(9)7(10-4-5)8(11)12-2;2-1(3)4;2-1-4-3;/h5-6,9,19H,3-4,7H2,1-2H3,(H3,14,16,17,18);2-3H,1H3,(H3,9,11,12,13);3-4H,9H2,1-2H3;(H3,3,4);;1H/t9-;;;;;/m0...../s1. The summed E-state index contributed by atoms with van der Waals surface area (Å²) >= 11 is 9.37. The zero-order valence-electron chi connectivity index (χ0n) is 29.4. The SMILES string of the molecule is CCC[C@@H](CO)Nc1nc(N)nc2cc(C)cnc12.COC(=O)c1ncc(C)cc1N.Cc1cnc2c(=O)[nH]c(N)nc2c1.Cl.N=C(N)Cl.O=P[B]Cl. The molecule has 53 heavy (non-hydrogen) atoms. The van der Waals surface area contributed by atoms with E-state index in [0.29, 0.717) is 33.6 Å². The first kappa shape index (κ1) is 48.1. The second-order valence-electron chi connectivity index (χ2n) is 10.4. The predicted molar refractivity (Wildman–Crippen MR) is 214 cm³/mol. The Hall–Kier alpha value is -4.94. The monoisotopic (exact) mass is 810 g/mol. The van der Waals surface area contributed by atoms with Crippen molar-refractivity contribution in [3.63, 3.8) is 0 Å². The number of carbonyl (C=O) groups excluding carboxylic acids is 1. The molecule has 0 aromatic carbocycles. The molecule has 5 aromatic heterocycles. The lowest BCUT2D eigenvalue weighted by Gasteiger charge is -2.17. The van der Waals surface area contributed by atoms with Crippen molar-refractivity contribution in [1.82, 2.24) is 34.9 Å². The molecule has 0 saturated carbocycles. The lowest BCUT2D eigenvalue weighted by molar-refractivity contribution is 0.0595. The van der Waals surface area contributed by atoms with Gasteiger partial charge in [0.2, 0.25) is 11.9 Å². The van der Waals surface area contributed by atoms with Crippen molar-refractivity contribution in [2.24, 2.45) is 5.73 Å². The number of aliphatic hydroxyl groups excluding tert-OH is 1. The van der Waals surface area contributed by atoms with Gasteiger partial charge in [0.25, 0.3) is 5.56 Å². The normalized spacial score (nSPS) is 10.3. The van der Waals surface area contributed by atoms with E-state index >= 15 is 0 Å². The molecule has 0 fully saturated rings. The Labute approximate surface area is 323 Å². The molecule has 0 spiro atoms. The number of aromatic amines is 1. The summed E-state index contributed by atoms with van der Waals surface area (Å²) in [6.07, 6.45) is 7.80. The number of amidine groups is 1. The molecule has 1 atom stereocenters. The summed E-state index contributed by atoms with van der Waals surface area (Å²) < 4.78 is 13.6. The molecular formula is C30H41BCl3N13O5P. The number of aryl methyl sites for hydroxylation is 3. The molecule has 285 valence electrons. The summed E-state index contributed by atoms with van der Waals surface area (Å²) in [6, 6.07) is 5.32. The largest absolute Gasteiger partial charge is 0.464 e. The molecule has 0 bridgehead atoms. The smallest absolute Gasteiger partial charge is 0.361 e. The van der Waals surface area contributed by atoms with E-state index in [1.54, 1.807) is 30.7 Å². The average molecular weight is 812 g/mol. The van der Waals surface area contributed by atoms with Gasteiger partial charge in [-0.15, -0.1) is 12.4 Å². The van der Waals surface area contributed by atoms with Crippen LogP contribution in [-0.4, -0.2) is 77.4 Å². The number of halogens is 3. The molecule has 5 rings (SSSR count). The highest BCUT2D eigenvalue weighted by Gasteiger charge is 2.13. The number of fused-ring (bicyclic) bond motifs is 2. The van der Waals surface area contributed by atoms with Crippen molar-refractivity contribution in [2.45, 2.75) is 46.6 Å². The Morgan fingerprint density at radius 1 is 1.02 bits per heavy atom. The van der Waals surface area contributed by atoms with Crippen LogP contribution in [0.4, 0.5) is 23.4 Å². The predicted octanol–water partition coefficient (Wildman–Crippen LogP) is 4.05. The maximum absolute atomic E-state index is 11.3. The number of nitrogens with zero attached hydrogens (tertiary/aromatic N) is 6. The van der Waals surface area contributed by atoms with E-state index in [-0.39, 0.29) is 61.8 Å². The quantitative estimate of drug-likeness (QED) is 0.0287. The second kappa shape index (κ2) is 25.1. The molecule has 1 radical (unpaired) electrons. The third-order valence-electron chi connectivity index (χ3n) is 6.06. The molecule has 18 nitrogen and oxygen atoms in total. The van der Waals surface area contributed by atoms with Crippen LogP contribution in [0.5, 0.6) is 0 Å². The van der Waals surface area contributed by atoms with E-state index in [1.807, 2.05) is 26.8 Å². The van der Waals surface area contributed by atoms with Crippen molar-refractivity contribution < 1.29 is 19.2 Å². The number of anilines is 4. The number of rotatable bonds is 7. The van der Waals surface area contributed by atoms with Crippen LogP contribution in [0.1, 0.15) is 46.9 Å². The first-order valence-corrected chi connectivity index (χ1v) is 16.7. The summed E-state index contributed by atoms with van der Waals surface area (Å²) in [4.78, 5) is 49.1. The topological polar surface area (TPSA) is 314 Å². The minimum absolute atomic E-state index is 0. The van der Waals surface area contributed by atoms with E-state index in [4.69, 9.17) is 38.6 Å². The summed E-state index contributed by atoms with van der Waals surface area (Å²) in [6.45, 7) is 7.80. The zero-order chi connectivity index (χ0) is 39.4. The number of hydrogen-bond acceptors (Lipinski definition) is 16. The van der Waals surface area contributed by atoms with Crippen LogP contribution < -0.4 is 33.8 Å². The van der Waals surface area contributed by atoms with Gasteiger partial charge in [0, 0.05) is 18.6 Å². The molecule has 23 heteroatoms. The van der Waals surface area contributed by atoms with E-state index in [9.17, 15) is 14.7 Å². The van der Waals surface area contributed by atoms with Crippen LogP contribution in [-0.2, 0) is 9.30 Å². The van der Waals surface area contributed by atoms with E-state index < -0.39 is 5.97 Å². The van der Waals surface area contributed by atoms with Gasteiger partial charge in [-0.2, -0.15) is 16.4 Å². The fourth-order valence-electron chi connectivity index (χ4n) is 4.00. The maximum atomic E-state index is 11.3. The highest BCUT2D eigenvalue weighted by atomic mass is 35.5. The maximum Gasteiger partial charge on any atom is 0.361 e. The van der Waals surface area contributed by atoms with Gasteiger partial charge in [0.15, 0.2) is 22.3 Å². The van der Waals surface area contributed by atoms with Crippen molar-refractivity contribution in [1.29, 1.82) is 5.41 Å². The average Bonchev–Trinajstić information content (AvgIpc) is 3.07.